The lowest BCUT2D eigenvalue weighted by atomic mass is 9.86. The van der Waals surface area contributed by atoms with Crippen molar-refractivity contribution in [2.45, 2.75) is 32.7 Å². The van der Waals surface area contributed by atoms with E-state index in [0.29, 0.717) is 52.2 Å². The summed E-state index contributed by atoms with van der Waals surface area (Å²) in [5, 5.41) is 6.30. The summed E-state index contributed by atoms with van der Waals surface area (Å²) in [7, 11) is 3.19. The molecule has 0 fully saturated rings. The smallest absolute Gasteiger partial charge is 0.339 e. The van der Waals surface area contributed by atoms with Gasteiger partial charge in [0.1, 0.15) is 0 Å². The molecule has 0 spiro atoms. The van der Waals surface area contributed by atoms with Gasteiger partial charge in [-0.2, -0.15) is 0 Å². The second-order valence-corrected chi connectivity index (χ2v) is 11.8. The van der Waals surface area contributed by atoms with Crippen molar-refractivity contribution in [1.82, 2.24) is 10.3 Å². The third kappa shape index (κ3) is 7.46. The molecular weight excluding hydrogens is 618 g/mol. The topological polar surface area (TPSA) is 116 Å². The maximum absolute atomic E-state index is 13.8. The highest BCUT2D eigenvalue weighted by atomic mass is 16.5. The van der Waals surface area contributed by atoms with Crippen LogP contribution in [0.2, 0.25) is 0 Å². The number of para-hydroxylation sites is 2. The minimum absolute atomic E-state index is 0.303. The van der Waals surface area contributed by atoms with Crippen molar-refractivity contribution in [1.29, 1.82) is 0 Å². The Kier molecular flexibility index (Phi) is 9.99. The Bertz CT molecular complexity index is 2070. The Hall–Kier alpha value is -5.96. The van der Waals surface area contributed by atoms with E-state index < -0.39 is 18.5 Å². The summed E-state index contributed by atoms with van der Waals surface area (Å²) >= 11 is 0. The average Bonchev–Trinajstić information content (AvgIpc) is 3.13. The van der Waals surface area contributed by atoms with Crippen LogP contribution in [0.15, 0.2) is 91.0 Å². The fourth-order valence-electron chi connectivity index (χ4n) is 6.02. The Morgan fingerprint density at radius 1 is 0.857 bits per heavy atom. The third-order valence-corrected chi connectivity index (χ3v) is 8.48. The molecule has 4 aromatic carbocycles. The number of nitrogens with zero attached hydrogens (tertiary/aromatic N) is 1. The second-order valence-electron chi connectivity index (χ2n) is 11.8. The Labute approximate surface area is 284 Å². The predicted octanol–water partition coefficient (Wildman–Crippen LogP) is 7.16. The summed E-state index contributed by atoms with van der Waals surface area (Å²) in [5.74, 6) is -0.251. The Morgan fingerprint density at radius 3 is 2.41 bits per heavy atom. The molecule has 1 aromatic heterocycles. The van der Waals surface area contributed by atoms with Crippen molar-refractivity contribution in [2.24, 2.45) is 0 Å². The van der Waals surface area contributed by atoms with E-state index >= 15 is 0 Å². The number of anilines is 1. The number of allylic oxidation sites excluding steroid dienone is 1. The van der Waals surface area contributed by atoms with Crippen LogP contribution in [-0.2, 0) is 22.5 Å². The number of nitrogens with one attached hydrogen (secondary N) is 2. The fourth-order valence-corrected chi connectivity index (χ4v) is 6.02. The number of fused-ring (bicyclic) bond motifs is 2. The van der Waals surface area contributed by atoms with E-state index in [1.165, 1.54) is 0 Å². The van der Waals surface area contributed by atoms with Crippen LogP contribution in [0.3, 0.4) is 0 Å². The van der Waals surface area contributed by atoms with Crippen LogP contribution < -0.4 is 20.1 Å². The number of rotatable bonds is 10. The van der Waals surface area contributed by atoms with Gasteiger partial charge in [0.2, 0.25) is 0 Å². The van der Waals surface area contributed by atoms with Gasteiger partial charge in [0, 0.05) is 11.9 Å². The molecule has 2 N–H and O–H groups in total. The highest BCUT2D eigenvalue weighted by molar-refractivity contribution is 6.08. The predicted molar refractivity (Wildman–Crippen MR) is 190 cm³/mol. The molecule has 1 aliphatic rings. The number of ether oxygens (including phenoxy) is 3. The average molecular weight is 656 g/mol. The highest BCUT2D eigenvalue weighted by Crippen LogP contribution is 2.37. The highest BCUT2D eigenvalue weighted by Gasteiger charge is 2.27. The van der Waals surface area contributed by atoms with Crippen molar-refractivity contribution >= 4 is 46.0 Å². The monoisotopic (exact) mass is 655 g/mol. The van der Waals surface area contributed by atoms with Crippen LogP contribution in [0.4, 0.5) is 5.69 Å². The zero-order valence-electron chi connectivity index (χ0n) is 27.7. The Morgan fingerprint density at radius 2 is 1.61 bits per heavy atom. The van der Waals surface area contributed by atoms with E-state index in [2.05, 4.69) is 16.7 Å². The number of aromatic nitrogens is 1. The summed E-state index contributed by atoms with van der Waals surface area (Å²) in [6, 6.07) is 27.7. The molecule has 1 heterocycles. The van der Waals surface area contributed by atoms with Crippen molar-refractivity contribution in [3.05, 3.63) is 130 Å². The standard InChI is InChI=1S/C40H37N3O6/c1-25-15-17-26(18-16-25)23-41-39(45)30-11-5-7-14-33(30)42-36(44)24-49-40(46)37-29-10-4-6-13-32(29)43-38-28(9-8-12-31(37)38)21-27-19-20-34(47-2)35(22-27)48-3/h4-7,10-11,13-22H,8-9,12,23-24H2,1-3H3,(H,41,45)(H,42,44)/b28-21+. The van der Waals surface area contributed by atoms with Gasteiger partial charge in [-0.05, 0) is 84.9 Å². The van der Waals surface area contributed by atoms with Gasteiger partial charge in [0.15, 0.2) is 18.1 Å². The number of benzene rings is 4. The first kappa shape index (κ1) is 33.0. The molecule has 2 amide bonds. The van der Waals surface area contributed by atoms with Gasteiger partial charge in [0.25, 0.3) is 11.8 Å². The van der Waals surface area contributed by atoms with Gasteiger partial charge in [-0.25, -0.2) is 9.78 Å². The van der Waals surface area contributed by atoms with E-state index in [4.69, 9.17) is 19.2 Å². The molecule has 0 radical (unpaired) electrons. The summed E-state index contributed by atoms with van der Waals surface area (Å²) in [4.78, 5) is 44.9. The summed E-state index contributed by atoms with van der Waals surface area (Å²) in [5.41, 5.74) is 7.21. The number of carbonyl (C=O) groups is 3. The first-order chi connectivity index (χ1) is 23.8. The number of hydrogen-bond donors (Lipinski definition) is 2. The molecule has 0 bridgehead atoms. The van der Waals surface area contributed by atoms with Crippen molar-refractivity contribution in [3.8, 4) is 11.5 Å². The quantitative estimate of drug-likeness (QED) is 0.153. The molecule has 0 atom stereocenters. The fraction of sp³-hybridized carbons (Fsp3) is 0.200. The summed E-state index contributed by atoms with van der Waals surface area (Å²) in [6.45, 7) is 1.81. The third-order valence-electron chi connectivity index (χ3n) is 8.48. The molecule has 0 aliphatic heterocycles. The number of carbonyl (C=O) groups excluding carboxylic acids is 3. The zero-order valence-corrected chi connectivity index (χ0v) is 27.7. The number of esters is 1. The SMILES string of the molecule is COc1ccc(/C=C2\CCCc3c2nc2ccccc2c3C(=O)OCC(=O)Nc2ccccc2C(=O)NCc2ccc(C)cc2)cc1OC. The Balaban J connectivity index is 1.20. The van der Waals surface area contributed by atoms with E-state index in [1.54, 1.807) is 38.5 Å². The van der Waals surface area contributed by atoms with Gasteiger partial charge < -0.3 is 24.8 Å². The largest absolute Gasteiger partial charge is 0.493 e. The molecule has 0 unspecified atom stereocenters. The van der Waals surface area contributed by atoms with E-state index in [9.17, 15) is 14.4 Å². The first-order valence-electron chi connectivity index (χ1n) is 16.1. The summed E-state index contributed by atoms with van der Waals surface area (Å²) in [6.07, 6.45) is 4.29. The molecular formula is C40H37N3O6. The lowest BCUT2D eigenvalue weighted by molar-refractivity contribution is -0.119. The molecule has 9 heteroatoms. The molecule has 0 saturated carbocycles. The number of pyridine rings is 1. The normalized spacial score (nSPS) is 13.0. The molecule has 0 saturated heterocycles. The van der Waals surface area contributed by atoms with Crippen LogP contribution in [-0.4, -0.2) is 43.6 Å². The number of hydrogen-bond acceptors (Lipinski definition) is 7. The maximum atomic E-state index is 13.8. The van der Waals surface area contributed by atoms with Crippen molar-refractivity contribution in [2.75, 3.05) is 26.1 Å². The lowest BCUT2D eigenvalue weighted by Crippen LogP contribution is -2.26. The molecule has 248 valence electrons. The van der Waals surface area contributed by atoms with Crippen LogP contribution in [0.1, 0.15) is 61.5 Å². The lowest BCUT2D eigenvalue weighted by Gasteiger charge is -2.22. The minimum atomic E-state index is -0.610. The van der Waals surface area contributed by atoms with Gasteiger partial charge in [0.05, 0.1) is 42.2 Å². The summed E-state index contributed by atoms with van der Waals surface area (Å²) < 4.78 is 16.5. The van der Waals surface area contributed by atoms with Gasteiger partial charge in [-0.1, -0.05) is 66.2 Å². The van der Waals surface area contributed by atoms with E-state index in [0.717, 1.165) is 46.4 Å². The van der Waals surface area contributed by atoms with Crippen LogP contribution in [0.25, 0.3) is 22.6 Å². The first-order valence-corrected chi connectivity index (χ1v) is 16.1. The van der Waals surface area contributed by atoms with Crippen molar-refractivity contribution in [3.63, 3.8) is 0 Å². The van der Waals surface area contributed by atoms with Gasteiger partial charge in [-0.3, -0.25) is 9.59 Å². The van der Waals surface area contributed by atoms with Gasteiger partial charge in [-0.15, -0.1) is 0 Å². The minimum Gasteiger partial charge on any atom is -0.493 e. The van der Waals surface area contributed by atoms with Crippen LogP contribution >= 0.6 is 0 Å². The number of aryl methyl sites for hydroxylation is 1. The van der Waals surface area contributed by atoms with Crippen LogP contribution in [0.5, 0.6) is 11.5 Å². The van der Waals surface area contributed by atoms with E-state index in [1.807, 2.05) is 73.7 Å². The van der Waals surface area contributed by atoms with E-state index in [-0.39, 0.29) is 5.91 Å². The maximum Gasteiger partial charge on any atom is 0.339 e. The molecule has 9 nitrogen and oxygen atoms in total. The van der Waals surface area contributed by atoms with Crippen molar-refractivity contribution < 1.29 is 28.6 Å². The molecule has 6 rings (SSSR count). The molecule has 49 heavy (non-hydrogen) atoms. The number of amides is 2. The van der Waals surface area contributed by atoms with Gasteiger partial charge >= 0.3 is 5.97 Å². The molecule has 1 aliphatic carbocycles. The second kappa shape index (κ2) is 14.9. The number of methoxy groups -OCH3 is 2. The van der Waals surface area contributed by atoms with Crippen LogP contribution in [0, 0.1) is 6.92 Å². The molecule has 5 aromatic rings. The zero-order chi connectivity index (χ0) is 34.3.